The summed E-state index contributed by atoms with van der Waals surface area (Å²) in [5, 5.41) is 8.96. The van der Waals surface area contributed by atoms with Crippen LogP contribution in [-0.4, -0.2) is 22.5 Å². The van der Waals surface area contributed by atoms with Crippen molar-refractivity contribution < 1.29 is 0 Å². The van der Waals surface area contributed by atoms with E-state index in [1.54, 1.807) is 0 Å². The molecule has 25 heavy (non-hydrogen) atoms. The molecule has 0 amide bonds. The van der Waals surface area contributed by atoms with Gasteiger partial charge in [-0.15, -0.1) is 10.2 Å². The highest BCUT2D eigenvalue weighted by Crippen LogP contribution is 2.28. The topological polar surface area (TPSA) is 45.3 Å². The molecule has 5 nitrogen and oxygen atoms in total. The molecular formula is C20H25N5. The van der Waals surface area contributed by atoms with Gasteiger partial charge >= 0.3 is 0 Å². The van der Waals surface area contributed by atoms with E-state index >= 15 is 0 Å². The van der Waals surface area contributed by atoms with E-state index in [4.69, 9.17) is 0 Å². The van der Waals surface area contributed by atoms with Gasteiger partial charge in [0.2, 0.25) is 0 Å². The molecule has 0 spiro atoms. The fraction of sp³-hybridized carbons (Fsp3) is 0.350. The highest BCUT2D eigenvalue weighted by molar-refractivity contribution is 5.58. The highest BCUT2D eigenvalue weighted by Gasteiger charge is 2.09. The van der Waals surface area contributed by atoms with E-state index in [0.717, 1.165) is 41.5 Å². The SMILES string of the molecule is CCN(CC)c1ccc(N=Nc2c(C)nc3cc(C)ccn23)c(C)c1. The molecule has 130 valence electrons. The lowest BCUT2D eigenvalue weighted by molar-refractivity contribution is 0.865. The molecule has 0 bridgehead atoms. The van der Waals surface area contributed by atoms with E-state index in [2.05, 4.69) is 72.1 Å². The van der Waals surface area contributed by atoms with E-state index in [1.807, 2.05) is 23.6 Å². The molecule has 5 heteroatoms. The largest absolute Gasteiger partial charge is 0.372 e. The minimum Gasteiger partial charge on any atom is -0.372 e. The molecule has 3 aromatic rings. The Labute approximate surface area is 149 Å². The molecule has 0 radical (unpaired) electrons. The predicted molar refractivity (Wildman–Crippen MR) is 104 cm³/mol. The van der Waals surface area contributed by atoms with Crippen LogP contribution in [0.3, 0.4) is 0 Å². The van der Waals surface area contributed by atoms with Gasteiger partial charge < -0.3 is 4.90 Å². The molecule has 2 aromatic heterocycles. The molecule has 0 N–H and O–H groups in total. The summed E-state index contributed by atoms with van der Waals surface area (Å²) in [6.45, 7) is 12.4. The molecule has 0 atom stereocenters. The van der Waals surface area contributed by atoms with Crippen molar-refractivity contribution in [1.29, 1.82) is 0 Å². The van der Waals surface area contributed by atoms with Crippen LogP contribution in [0.2, 0.25) is 0 Å². The summed E-state index contributed by atoms with van der Waals surface area (Å²) in [6.07, 6.45) is 2.00. The van der Waals surface area contributed by atoms with Gasteiger partial charge in [-0.1, -0.05) is 0 Å². The van der Waals surface area contributed by atoms with E-state index in [-0.39, 0.29) is 0 Å². The second kappa shape index (κ2) is 7.05. The minimum atomic E-state index is 0.780. The number of hydrogen-bond acceptors (Lipinski definition) is 4. The van der Waals surface area contributed by atoms with Crippen LogP contribution < -0.4 is 4.90 Å². The van der Waals surface area contributed by atoms with Gasteiger partial charge in [0.05, 0.1) is 11.4 Å². The molecule has 2 heterocycles. The summed E-state index contributed by atoms with van der Waals surface area (Å²) < 4.78 is 1.98. The number of azo groups is 1. The summed E-state index contributed by atoms with van der Waals surface area (Å²) in [5.41, 5.74) is 6.20. The molecule has 0 unspecified atom stereocenters. The molecule has 0 aliphatic carbocycles. The van der Waals surface area contributed by atoms with Crippen molar-refractivity contribution >= 4 is 22.8 Å². The van der Waals surface area contributed by atoms with Crippen molar-refractivity contribution in [2.75, 3.05) is 18.0 Å². The number of imidazole rings is 1. The normalized spacial score (nSPS) is 11.6. The number of nitrogens with zero attached hydrogens (tertiary/aromatic N) is 5. The number of hydrogen-bond donors (Lipinski definition) is 0. The van der Waals surface area contributed by atoms with Crippen LogP contribution in [-0.2, 0) is 0 Å². The average Bonchev–Trinajstić information content (AvgIpc) is 2.89. The predicted octanol–water partition coefficient (Wildman–Crippen LogP) is 5.52. The first-order valence-electron chi connectivity index (χ1n) is 8.76. The Hall–Kier alpha value is -2.69. The monoisotopic (exact) mass is 335 g/mol. The quantitative estimate of drug-likeness (QED) is 0.576. The third kappa shape index (κ3) is 3.40. The van der Waals surface area contributed by atoms with Crippen LogP contribution in [0.4, 0.5) is 17.2 Å². The first-order chi connectivity index (χ1) is 12.0. The van der Waals surface area contributed by atoms with E-state index in [0.29, 0.717) is 0 Å². The number of anilines is 1. The van der Waals surface area contributed by atoms with Crippen molar-refractivity contribution in [3.8, 4) is 0 Å². The zero-order valence-corrected chi connectivity index (χ0v) is 15.6. The second-order valence-electron chi connectivity index (χ2n) is 6.30. The number of aromatic nitrogens is 2. The molecule has 0 fully saturated rings. The van der Waals surface area contributed by atoms with E-state index < -0.39 is 0 Å². The number of aryl methyl sites for hydroxylation is 3. The molecule has 0 saturated heterocycles. The maximum Gasteiger partial charge on any atom is 0.182 e. The summed E-state index contributed by atoms with van der Waals surface area (Å²) >= 11 is 0. The van der Waals surface area contributed by atoms with Gasteiger partial charge in [0.25, 0.3) is 0 Å². The Balaban J connectivity index is 1.94. The molecule has 0 aliphatic rings. The highest BCUT2D eigenvalue weighted by atomic mass is 15.2. The number of fused-ring (bicyclic) bond motifs is 1. The van der Waals surface area contributed by atoms with Gasteiger partial charge in [-0.3, -0.25) is 4.40 Å². The number of rotatable bonds is 5. The van der Waals surface area contributed by atoms with E-state index in [9.17, 15) is 0 Å². The molecule has 3 rings (SSSR count). The van der Waals surface area contributed by atoms with E-state index in [1.165, 1.54) is 11.3 Å². The summed E-state index contributed by atoms with van der Waals surface area (Å²) in [6, 6.07) is 10.4. The maximum absolute atomic E-state index is 4.57. The lowest BCUT2D eigenvalue weighted by Gasteiger charge is -2.21. The first-order valence-corrected chi connectivity index (χ1v) is 8.76. The van der Waals surface area contributed by atoms with Crippen LogP contribution in [0.5, 0.6) is 0 Å². The Morgan fingerprint density at radius 2 is 1.76 bits per heavy atom. The zero-order valence-electron chi connectivity index (χ0n) is 15.6. The fourth-order valence-corrected chi connectivity index (χ4v) is 3.01. The second-order valence-corrected chi connectivity index (χ2v) is 6.30. The Kier molecular flexibility index (Phi) is 4.83. The van der Waals surface area contributed by atoms with Crippen molar-refractivity contribution in [1.82, 2.24) is 9.38 Å². The number of benzene rings is 1. The Morgan fingerprint density at radius 3 is 2.44 bits per heavy atom. The van der Waals surface area contributed by atoms with Crippen molar-refractivity contribution in [3.63, 3.8) is 0 Å². The van der Waals surface area contributed by atoms with Gasteiger partial charge in [0.15, 0.2) is 5.82 Å². The van der Waals surface area contributed by atoms with Gasteiger partial charge in [-0.05, 0) is 76.1 Å². The van der Waals surface area contributed by atoms with Crippen LogP contribution in [0.1, 0.15) is 30.7 Å². The lowest BCUT2D eigenvalue weighted by atomic mass is 10.1. The van der Waals surface area contributed by atoms with Crippen LogP contribution in [0.25, 0.3) is 5.65 Å². The van der Waals surface area contributed by atoms with Crippen molar-refractivity contribution in [2.45, 2.75) is 34.6 Å². The minimum absolute atomic E-state index is 0.780. The standard InChI is InChI=1S/C20H25N5/c1-6-24(7-2)17-8-9-18(15(4)13-17)22-23-20-16(5)21-19-12-14(3)10-11-25(19)20/h8-13H,6-7H2,1-5H3. The molecular weight excluding hydrogens is 310 g/mol. The summed E-state index contributed by atoms with van der Waals surface area (Å²) in [5.74, 6) is 0.780. The Bertz CT molecular complexity index is 919. The average molecular weight is 335 g/mol. The third-order valence-electron chi connectivity index (χ3n) is 4.49. The Morgan fingerprint density at radius 1 is 1.00 bits per heavy atom. The maximum atomic E-state index is 4.57. The first kappa shape index (κ1) is 17.1. The molecule has 0 aliphatic heterocycles. The number of pyridine rings is 1. The van der Waals surface area contributed by atoms with Gasteiger partial charge in [-0.2, -0.15) is 0 Å². The van der Waals surface area contributed by atoms with Gasteiger partial charge in [-0.25, -0.2) is 4.98 Å². The summed E-state index contributed by atoms with van der Waals surface area (Å²) in [4.78, 5) is 6.89. The smallest absolute Gasteiger partial charge is 0.182 e. The molecule has 0 saturated carbocycles. The van der Waals surface area contributed by atoms with Crippen LogP contribution in [0.15, 0.2) is 46.8 Å². The van der Waals surface area contributed by atoms with Gasteiger partial charge in [0.1, 0.15) is 5.65 Å². The fourth-order valence-electron chi connectivity index (χ4n) is 3.01. The van der Waals surface area contributed by atoms with Crippen molar-refractivity contribution in [2.24, 2.45) is 10.2 Å². The molecule has 1 aromatic carbocycles. The zero-order chi connectivity index (χ0) is 18.0. The van der Waals surface area contributed by atoms with Crippen LogP contribution in [0, 0.1) is 20.8 Å². The lowest BCUT2D eigenvalue weighted by Crippen LogP contribution is -2.21. The third-order valence-corrected chi connectivity index (χ3v) is 4.49. The van der Waals surface area contributed by atoms with Gasteiger partial charge in [0, 0.05) is 25.0 Å². The van der Waals surface area contributed by atoms with Crippen LogP contribution >= 0.6 is 0 Å². The van der Waals surface area contributed by atoms with Crippen molar-refractivity contribution in [3.05, 3.63) is 53.3 Å². The summed E-state index contributed by atoms with van der Waals surface area (Å²) in [7, 11) is 0.